The summed E-state index contributed by atoms with van der Waals surface area (Å²) in [6.45, 7) is 2.90. The Balaban J connectivity index is 2.04. The van der Waals surface area contributed by atoms with E-state index in [2.05, 4.69) is 15.3 Å². The number of anilines is 1. The van der Waals surface area contributed by atoms with E-state index in [4.69, 9.17) is 9.47 Å². The molecule has 0 aliphatic carbocycles. The summed E-state index contributed by atoms with van der Waals surface area (Å²) < 4.78 is 37.1. The molecular weight excluding hydrogens is 330 g/mol. The lowest BCUT2D eigenvalue weighted by Gasteiger charge is -2.28. The molecule has 25 heavy (non-hydrogen) atoms. The minimum Gasteiger partial charge on any atom is -0.493 e. The fraction of sp³-hybridized carbons (Fsp3) is 0.412. The number of nitrogens with zero attached hydrogens (tertiary/aromatic N) is 3. The second kappa shape index (κ2) is 7.60. The van der Waals surface area contributed by atoms with Gasteiger partial charge in [0.25, 0.3) is 6.43 Å². The summed E-state index contributed by atoms with van der Waals surface area (Å²) in [6, 6.07) is 6.53. The van der Waals surface area contributed by atoms with E-state index >= 15 is 0 Å². The van der Waals surface area contributed by atoms with Gasteiger partial charge in [-0.2, -0.15) is 0 Å². The molecule has 0 radical (unpaired) electrons. The van der Waals surface area contributed by atoms with Crippen LogP contribution in [0.15, 0.2) is 24.3 Å². The third-order valence-electron chi connectivity index (χ3n) is 4.04. The Labute approximate surface area is 144 Å². The fourth-order valence-corrected chi connectivity index (χ4v) is 2.71. The molecule has 1 aliphatic heterocycles. The van der Waals surface area contributed by atoms with Crippen LogP contribution in [0.3, 0.4) is 0 Å². The zero-order chi connectivity index (χ0) is 17.8. The van der Waals surface area contributed by atoms with Gasteiger partial charge in [0.1, 0.15) is 5.69 Å². The molecule has 2 aromatic rings. The quantitative estimate of drug-likeness (QED) is 0.894. The Kier molecular flexibility index (Phi) is 5.28. The van der Waals surface area contributed by atoms with Gasteiger partial charge in [0.05, 0.1) is 19.9 Å². The molecule has 0 atom stereocenters. The van der Waals surface area contributed by atoms with Crippen LogP contribution >= 0.6 is 0 Å². The van der Waals surface area contributed by atoms with E-state index < -0.39 is 6.43 Å². The van der Waals surface area contributed by atoms with Crippen molar-refractivity contribution in [2.75, 3.05) is 45.3 Å². The summed E-state index contributed by atoms with van der Waals surface area (Å²) in [5, 5.41) is 3.22. The maximum absolute atomic E-state index is 13.3. The molecule has 0 amide bonds. The first-order chi connectivity index (χ1) is 12.1. The van der Waals surface area contributed by atoms with Gasteiger partial charge in [-0.15, -0.1) is 0 Å². The average molecular weight is 350 g/mol. The zero-order valence-electron chi connectivity index (χ0n) is 14.1. The standard InChI is InChI=1S/C17H20F2N4O2/c1-24-14-4-3-11(9-15(14)25-2)12-10-13(16(18)19)22-17(21-12)23-7-5-20-6-8-23/h3-4,9-10,16,20H,5-8H2,1-2H3. The van der Waals surface area contributed by atoms with Crippen molar-refractivity contribution in [1.82, 2.24) is 15.3 Å². The number of aromatic nitrogens is 2. The second-order valence-electron chi connectivity index (χ2n) is 5.59. The lowest BCUT2D eigenvalue weighted by molar-refractivity contribution is 0.146. The third-order valence-corrected chi connectivity index (χ3v) is 4.04. The Bertz CT molecular complexity index is 737. The number of nitrogens with one attached hydrogen (secondary N) is 1. The Hall–Kier alpha value is -2.48. The van der Waals surface area contributed by atoms with E-state index in [-0.39, 0.29) is 5.69 Å². The maximum Gasteiger partial charge on any atom is 0.280 e. The van der Waals surface area contributed by atoms with Crippen LogP contribution in [0.4, 0.5) is 14.7 Å². The first kappa shape index (κ1) is 17.3. The third kappa shape index (κ3) is 3.79. The van der Waals surface area contributed by atoms with Crippen LogP contribution in [0.25, 0.3) is 11.3 Å². The lowest BCUT2D eigenvalue weighted by Crippen LogP contribution is -2.44. The largest absolute Gasteiger partial charge is 0.493 e. The molecule has 0 spiro atoms. The smallest absolute Gasteiger partial charge is 0.280 e. The highest BCUT2D eigenvalue weighted by molar-refractivity contribution is 5.65. The van der Waals surface area contributed by atoms with Crippen molar-refractivity contribution < 1.29 is 18.3 Å². The number of rotatable bonds is 5. The second-order valence-corrected chi connectivity index (χ2v) is 5.59. The van der Waals surface area contributed by atoms with E-state index in [1.54, 1.807) is 25.3 Å². The van der Waals surface area contributed by atoms with Crippen LogP contribution in [-0.2, 0) is 0 Å². The molecule has 134 valence electrons. The predicted molar refractivity (Wildman–Crippen MR) is 90.6 cm³/mol. The molecule has 1 fully saturated rings. The van der Waals surface area contributed by atoms with Gasteiger partial charge in [0.2, 0.25) is 5.95 Å². The van der Waals surface area contributed by atoms with Gasteiger partial charge < -0.3 is 19.7 Å². The van der Waals surface area contributed by atoms with Gasteiger partial charge in [-0.05, 0) is 24.3 Å². The maximum atomic E-state index is 13.3. The lowest BCUT2D eigenvalue weighted by atomic mass is 10.1. The molecule has 0 unspecified atom stereocenters. The summed E-state index contributed by atoms with van der Waals surface area (Å²) in [6.07, 6.45) is -2.66. The molecule has 1 aromatic heterocycles. The van der Waals surface area contributed by atoms with Crippen LogP contribution in [-0.4, -0.2) is 50.4 Å². The Morgan fingerprint density at radius 1 is 1.04 bits per heavy atom. The molecule has 8 heteroatoms. The summed E-state index contributed by atoms with van der Waals surface area (Å²) in [4.78, 5) is 10.4. The average Bonchev–Trinajstić information content (AvgIpc) is 2.67. The molecule has 2 heterocycles. The number of ether oxygens (including phenoxy) is 2. The SMILES string of the molecule is COc1ccc(-c2cc(C(F)F)nc(N3CCNCC3)n2)cc1OC. The van der Waals surface area contributed by atoms with Crippen LogP contribution in [0, 0.1) is 0 Å². The molecule has 1 N–H and O–H groups in total. The van der Waals surface area contributed by atoms with Gasteiger partial charge in [0.15, 0.2) is 11.5 Å². The summed E-state index contributed by atoms with van der Waals surface area (Å²) in [7, 11) is 3.07. The summed E-state index contributed by atoms with van der Waals surface area (Å²) >= 11 is 0. The van der Waals surface area contributed by atoms with E-state index in [1.165, 1.54) is 13.2 Å². The molecule has 1 aromatic carbocycles. The van der Waals surface area contributed by atoms with Gasteiger partial charge in [-0.25, -0.2) is 18.7 Å². The molecular formula is C17H20F2N4O2. The van der Waals surface area contributed by atoms with Crippen molar-refractivity contribution in [3.05, 3.63) is 30.0 Å². The number of methoxy groups -OCH3 is 2. The first-order valence-corrected chi connectivity index (χ1v) is 7.97. The van der Waals surface area contributed by atoms with Crippen molar-refractivity contribution in [3.8, 4) is 22.8 Å². The van der Waals surface area contributed by atoms with E-state index in [0.29, 0.717) is 41.8 Å². The first-order valence-electron chi connectivity index (χ1n) is 7.97. The number of halogens is 2. The van der Waals surface area contributed by atoms with Crippen LogP contribution in [0.1, 0.15) is 12.1 Å². The van der Waals surface area contributed by atoms with Crippen molar-refractivity contribution in [3.63, 3.8) is 0 Å². The number of alkyl halides is 2. The van der Waals surface area contributed by atoms with Gasteiger partial charge in [0, 0.05) is 31.7 Å². The number of hydrogen-bond donors (Lipinski definition) is 1. The molecule has 1 saturated heterocycles. The number of benzene rings is 1. The van der Waals surface area contributed by atoms with Crippen LogP contribution in [0.2, 0.25) is 0 Å². The predicted octanol–water partition coefficient (Wildman–Crippen LogP) is 2.51. The Morgan fingerprint density at radius 2 is 1.76 bits per heavy atom. The van der Waals surface area contributed by atoms with Gasteiger partial charge in [-0.3, -0.25) is 0 Å². The molecule has 0 bridgehead atoms. The number of hydrogen-bond acceptors (Lipinski definition) is 6. The minimum absolute atomic E-state index is 0.284. The summed E-state index contributed by atoms with van der Waals surface area (Å²) in [5.41, 5.74) is 0.812. The molecule has 1 aliphatic rings. The Morgan fingerprint density at radius 3 is 2.40 bits per heavy atom. The van der Waals surface area contributed by atoms with Gasteiger partial charge in [-0.1, -0.05) is 0 Å². The van der Waals surface area contributed by atoms with Crippen molar-refractivity contribution >= 4 is 5.95 Å². The molecule has 6 nitrogen and oxygen atoms in total. The van der Waals surface area contributed by atoms with Crippen molar-refractivity contribution in [2.45, 2.75) is 6.43 Å². The molecule has 3 rings (SSSR count). The fourth-order valence-electron chi connectivity index (χ4n) is 2.71. The van der Waals surface area contributed by atoms with E-state index in [1.807, 2.05) is 4.90 Å². The van der Waals surface area contributed by atoms with Crippen molar-refractivity contribution in [2.24, 2.45) is 0 Å². The highest BCUT2D eigenvalue weighted by Gasteiger charge is 2.19. The van der Waals surface area contributed by atoms with Crippen molar-refractivity contribution in [1.29, 1.82) is 0 Å². The minimum atomic E-state index is -2.66. The zero-order valence-corrected chi connectivity index (χ0v) is 14.1. The highest BCUT2D eigenvalue weighted by atomic mass is 19.3. The van der Waals surface area contributed by atoms with Crippen LogP contribution < -0.4 is 19.7 Å². The normalized spacial score (nSPS) is 14.7. The van der Waals surface area contributed by atoms with E-state index in [9.17, 15) is 8.78 Å². The monoisotopic (exact) mass is 350 g/mol. The topological polar surface area (TPSA) is 59.5 Å². The summed E-state index contributed by atoms with van der Waals surface area (Å²) in [5.74, 6) is 1.40. The van der Waals surface area contributed by atoms with Crippen LogP contribution in [0.5, 0.6) is 11.5 Å². The van der Waals surface area contributed by atoms with E-state index in [0.717, 1.165) is 13.1 Å². The highest BCUT2D eigenvalue weighted by Crippen LogP contribution is 2.33. The van der Waals surface area contributed by atoms with Gasteiger partial charge >= 0.3 is 0 Å². The molecule has 0 saturated carbocycles. The number of piperazine rings is 1.